The third-order valence-electron chi connectivity index (χ3n) is 8.55. The fourth-order valence-corrected chi connectivity index (χ4v) is 5.73. The number of benzene rings is 3. The zero-order valence-corrected chi connectivity index (χ0v) is 26.5. The number of hydrogen-bond acceptors (Lipinski definition) is 4. The lowest BCUT2D eigenvalue weighted by molar-refractivity contribution is 0.00578. The van der Waals surface area contributed by atoms with Crippen LogP contribution in [0.2, 0.25) is 0 Å². The van der Waals surface area contributed by atoms with Crippen LogP contribution in [0.1, 0.15) is 55.4 Å². The van der Waals surface area contributed by atoms with E-state index in [-0.39, 0.29) is 36.6 Å². The molecule has 0 atom stereocenters. The maximum absolute atomic E-state index is 6.21. The third-order valence-corrected chi connectivity index (χ3v) is 9.86. The molecule has 2 aliphatic rings. The van der Waals surface area contributed by atoms with E-state index in [2.05, 4.69) is 148 Å². The fraction of sp³-hybridized carbons (Fsp3) is 0.400. The molecule has 2 saturated heterocycles. The second-order valence-electron chi connectivity index (χ2n) is 12.2. The van der Waals surface area contributed by atoms with Crippen LogP contribution in [0.4, 0.5) is 0 Å². The van der Waals surface area contributed by atoms with E-state index in [0.29, 0.717) is 0 Å². The smallest absolute Gasteiger partial charge is 0.399 e. The van der Waals surface area contributed by atoms with Gasteiger partial charge in [0.25, 0.3) is 0 Å². The maximum Gasteiger partial charge on any atom is 0.494 e. The van der Waals surface area contributed by atoms with Gasteiger partial charge >= 0.3 is 14.2 Å². The summed E-state index contributed by atoms with van der Waals surface area (Å²) < 4.78 is 26.9. The molecule has 2 fully saturated rings. The van der Waals surface area contributed by atoms with Crippen LogP contribution in [0.15, 0.2) is 69.6 Å². The highest BCUT2D eigenvalue weighted by Gasteiger charge is 2.52. The van der Waals surface area contributed by atoms with Crippen LogP contribution in [0, 0.1) is 0 Å². The Balaban J connectivity index is 1.36. The van der Waals surface area contributed by atoms with Gasteiger partial charge in [0.2, 0.25) is 0 Å². The molecule has 0 saturated carbocycles. The molecule has 0 aliphatic carbocycles. The van der Waals surface area contributed by atoms with Gasteiger partial charge in [-0.15, -0.1) is 0 Å². The first kappa shape index (κ1) is 28.1. The van der Waals surface area contributed by atoms with Crippen molar-refractivity contribution in [2.75, 3.05) is 0 Å². The minimum Gasteiger partial charge on any atom is -0.399 e. The molecule has 0 unspecified atom stereocenters. The van der Waals surface area contributed by atoms with Crippen LogP contribution in [0.25, 0.3) is 22.3 Å². The predicted molar refractivity (Wildman–Crippen MR) is 164 cm³/mol. The molecule has 0 radical (unpaired) electrons. The van der Waals surface area contributed by atoms with Gasteiger partial charge in [0.1, 0.15) is 0 Å². The van der Waals surface area contributed by atoms with Crippen LogP contribution in [-0.4, -0.2) is 36.6 Å². The van der Waals surface area contributed by atoms with Crippen LogP contribution in [0.3, 0.4) is 0 Å². The highest BCUT2D eigenvalue weighted by molar-refractivity contribution is 9.11. The fourth-order valence-electron chi connectivity index (χ4n) is 4.59. The van der Waals surface area contributed by atoms with E-state index in [9.17, 15) is 0 Å². The standard InChI is InChI=1S/C30H34B2Br2O4/c1-27(2)28(3,4)36-31(35-27)21-13-9-19(10-14-21)23-17-26(34)24(18-25(23)33)20-11-15-22(16-12-20)32-37-29(5,6)30(7,8)38-32/h9-18H,1-8H3. The first-order chi connectivity index (χ1) is 17.6. The molecule has 0 N–H and O–H groups in total. The van der Waals surface area contributed by atoms with E-state index >= 15 is 0 Å². The van der Waals surface area contributed by atoms with E-state index in [1.807, 2.05) is 0 Å². The predicted octanol–water partition coefficient (Wildman–Crippen LogP) is 7.14. The third kappa shape index (κ3) is 4.97. The van der Waals surface area contributed by atoms with E-state index in [4.69, 9.17) is 18.6 Å². The Kier molecular flexibility index (Phi) is 7.11. The summed E-state index contributed by atoms with van der Waals surface area (Å²) in [5.74, 6) is 0. The van der Waals surface area contributed by atoms with Crippen molar-refractivity contribution in [1.82, 2.24) is 0 Å². The zero-order valence-electron chi connectivity index (χ0n) is 23.3. The SMILES string of the molecule is CC1(C)OB(c2ccc(-c3cc(Br)c(-c4ccc(B5OC(C)(C)C(C)(C)O5)cc4)cc3Br)cc2)OC1(C)C. The molecule has 2 aliphatic heterocycles. The Morgan fingerprint density at radius 3 is 1.00 bits per heavy atom. The lowest BCUT2D eigenvalue weighted by Crippen LogP contribution is -2.41. The summed E-state index contributed by atoms with van der Waals surface area (Å²) in [5.41, 5.74) is 5.03. The molecule has 2 heterocycles. The maximum atomic E-state index is 6.21. The normalized spacial score (nSPS) is 21.2. The second kappa shape index (κ2) is 9.60. The average Bonchev–Trinajstić information content (AvgIpc) is 3.20. The lowest BCUT2D eigenvalue weighted by atomic mass is 9.78. The summed E-state index contributed by atoms with van der Waals surface area (Å²) in [4.78, 5) is 0. The molecule has 4 nitrogen and oxygen atoms in total. The van der Waals surface area contributed by atoms with Crippen molar-refractivity contribution in [3.63, 3.8) is 0 Å². The quantitative estimate of drug-likeness (QED) is 0.285. The van der Waals surface area contributed by atoms with Gasteiger partial charge in [0.05, 0.1) is 22.4 Å². The minimum atomic E-state index is -0.369. The van der Waals surface area contributed by atoms with Gasteiger partial charge in [0, 0.05) is 8.95 Å². The van der Waals surface area contributed by atoms with Gasteiger partial charge in [0.15, 0.2) is 0 Å². The van der Waals surface area contributed by atoms with E-state index < -0.39 is 0 Å². The molecule has 0 amide bonds. The van der Waals surface area contributed by atoms with Crippen molar-refractivity contribution in [2.24, 2.45) is 0 Å². The van der Waals surface area contributed by atoms with Crippen molar-refractivity contribution in [3.05, 3.63) is 69.6 Å². The number of hydrogen-bond donors (Lipinski definition) is 0. The van der Waals surface area contributed by atoms with Gasteiger partial charge in [-0.25, -0.2) is 0 Å². The van der Waals surface area contributed by atoms with E-state index in [0.717, 1.165) is 42.1 Å². The molecule has 38 heavy (non-hydrogen) atoms. The Hall–Kier alpha value is -1.41. The summed E-state index contributed by atoms with van der Waals surface area (Å²) in [5, 5.41) is 0. The van der Waals surface area contributed by atoms with Crippen molar-refractivity contribution < 1.29 is 18.6 Å². The highest BCUT2D eigenvalue weighted by atomic mass is 79.9. The summed E-state index contributed by atoms with van der Waals surface area (Å²) in [6.45, 7) is 16.6. The van der Waals surface area contributed by atoms with Gasteiger partial charge < -0.3 is 18.6 Å². The topological polar surface area (TPSA) is 36.9 Å². The number of rotatable bonds is 4. The van der Waals surface area contributed by atoms with Gasteiger partial charge in [-0.05, 0) is 101 Å². The van der Waals surface area contributed by atoms with Crippen LogP contribution in [0.5, 0.6) is 0 Å². The highest BCUT2D eigenvalue weighted by Crippen LogP contribution is 2.40. The summed E-state index contributed by atoms with van der Waals surface area (Å²) >= 11 is 7.63. The molecule has 198 valence electrons. The molecular weight excluding hydrogens is 606 g/mol. The van der Waals surface area contributed by atoms with E-state index in [1.54, 1.807) is 0 Å². The molecule has 0 spiro atoms. The summed E-state index contributed by atoms with van der Waals surface area (Å²) in [6.07, 6.45) is 0. The first-order valence-electron chi connectivity index (χ1n) is 13.0. The summed E-state index contributed by atoms with van der Waals surface area (Å²) in [6, 6.07) is 21.1. The van der Waals surface area contributed by atoms with Crippen molar-refractivity contribution in [2.45, 2.75) is 77.8 Å². The Morgan fingerprint density at radius 1 is 0.474 bits per heavy atom. The van der Waals surface area contributed by atoms with Gasteiger partial charge in [-0.1, -0.05) is 80.4 Å². The molecular formula is C30H34B2Br2O4. The number of halogens is 2. The molecule has 8 heteroatoms. The molecule has 3 aromatic carbocycles. The van der Waals surface area contributed by atoms with Crippen LogP contribution >= 0.6 is 31.9 Å². The van der Waals surface area contributed by atoms with Crippen LogP contribution in [-0.2, 0) is 18.6 Å². The van der Waals surface area contributed by atoms with Crippen molar-refractivity contribution in [1.29, 1.82) is 0 Å². The Morgan fingerprint density at radius 2 is 0.737 bits per heavy atom. The van der Waals surface area contributed by atoms with E-state index in [1.165, 1.54) is 0 Å². The lowest BCUT2D eigenvalue weighted by Gasteiger charge is -2.32. The second-order valence-corrected chi connectivity index (χ2v) is 13.9. The van der Waals surface area contributed by atoms with Gasteiger partial charge in [-0.3, -0.25) is 0 Å². The average molecular weight is 640 g/mol. The summed E-state index contributed by atoms with van der Waals surface area (Å²) in [7, 11) is -0.737. The van der Waals surface area contributed by atoms with Crippen LogP contribution < -0.4 is 10.9 Å². The van der Waals surface area contributed by atoms with Gasteiger partial charge in [-0.2, -0.15) is 0 Å². The first-order valence-corrected chi connectivity index (χ1v) is 14.6. The molecule has 3 aromatic rings. The molecule has 0 bridgehead atoms. The molecule has 0 aromatic heterocycles. The Bertz CT molecular complexity index is 1210. The van der Waals surface area contributed by atoms with Crippen molar-refractivity contribution in [3.8, 4) is 22.3 Å². The molecule has 5 rings (SSSR count). The van der Waals surface area contributed by atoms with Crippen molar-refractivity contribution >= 4 is 57.0 Å². The Labute approximate surface area is 244 Å². The largest absolute Gasteiger partial charge is 0.494 e. The zero-order chi connectivity index (χ0) is 27.7. The minimum absolute atomic E-state index is 0.359. The monoisotopic (exact) mass is 638 g/mol.